The third kappa shape index (κ3) is 3.86. The maximum absolute atomic E-state index is 13.5. The number of aliphatic hydroxyl groups is 1. The highest BCUT2D eigenvalue weighted by Gasteiger charge is 2.15. The summed E-state index contributed by atoms with van der Waals surface area (Å²) in [5, 5.41) is 12.4. The second-order valence-corrected chi connectivity index (χ2v) is 4.76. The molecule has 3 nitrogen and oxygen atoms in total. The molecule has 0 aliphatic rings. The smallest absolute Gasteiger partial charge is 0.251 e. The van der Waals surface area contributed by atoms with E-state index >= 15 is 0 Å². The first-order chi connectivity index (χ1) is 9.97. The summed E-state index contributed by atoms with van der Waals surface area (Å²) >= 11 is 0. The van der Waals surface area contributed by atoms with Crippen molar-refractivity contribution in [1.82, 2.24) is 5.32 Å². The number of aliphatic hydroxyl groups excluding tert-OH is 1. The van der Waals surface area contributed by atoms with E-state index in [0.29, 0.717) is 11.6 Å². The van der Waals surface area contributed by atoms with Crippen LogP contribution in [0.1, 0.15) is 27.6 Å². The number of hydrogen-bond acceptors (Lipinski definition) is 2. The first-order valence-electron chi connectivity index (χ1n) is 6.45. The van der Waals surface area contributed by atoms with E-state index in [2.05, 4.69) is 5.32 Å². The Morgan fingerprint density at radius 2 is 1.86 bits per heavy atom. The van der Waals surface area contributed by atoms with Gasteiger partial charge in [0.05, 0.1) is 6.10 Å². The number of nitrogens with one attached hydrogen (secondary N) is 1. The van der Waals surface area contributed by atoms with E-state index in [9.17, 15) is 18.7 Å². The van der Waals surface area contributed by atoms with Crippen molar-refractivity contribution in [2.24, 2.45) is 0 Å². The Balaban J connectivity index is 1.98. The van der Waals surface area contributed by atoms with Crippen LogP contribution in [-0.2, 0) is 0 Å². The Bertz CT molecular complexity index is 641. The van der Waals surface area contributed by atoms with Gasteiger partial charge in [-0.15, -0.1) is 0 Å². The molecule has 0 aliphatic carbocycles. The van der Waals surface area contributed by atoms with Crippen LogP contribution in [0, 0.1) is 18.6 Å². The molecule has 0 aromatic heterocycles. The summed E-state index contributed by atoms with van der Waals surface area (Å²) < 4.78 is 26.3. The number of carbonyl (C=O) groups excluding carboxylic acids is 1. The van der Waals surface area contributed by atoms with Crippen molar-refractivity contribution in [2.45, 2.75) is 13.0 Å². The van der Waals surface area contributed by atoms with Crippen LogP contribution in [0.25, 0.3) is 0 Å². The zero-order valence-electron chi connectivity index (χ0n) is 11.4. The Kier molecular flexibility index (Phi) is 4.65. The van der Waals surface area contributed by atoms with Crippen molar-refractivity contribution < 1.29 is 18.7 Å². The summed E-state index contributed by atoms with van der Waals surface area (Å²) in [4.78, 5) is 11.9. The Labute approximate surface area is 121 Å². The van der Waals surface area contributed by atoms with Gasteiger partial charge in [-0.05, 0) is 25.1 Å². The lowest BCUT2D eigenvalue weighted by Gasteiger charge is -2.13. The zero-order chi connectivity index (χ0) is 15.4. The van der Waals surface area contributed by atoms with E-state index in [1.165, 1.54) is 0 Å². The molecule has 0 aliphatic heterocycles. The van der Waals surface area contributed by atoms with Gasteiger partial charge in [0.2, 0.25) is 0 Å². The number of hydrogen-bond donors (Lipinski definition) is 2. The summed E-state index contributed by atoms with van der Waals surface area (Å²) in [7, 11) is 0. The maximum atomic E-state index is 13.5. The number of amides is 1. The zero-order valence-corrected chi connectivity index (χ0v) is 11.4. The van der Waals surface area contributed by atoms with Crippen LogP contribution in [-0.4, -0.2) is 17.6 Å². The van der Waals surface area contributed by atoms with Gasteiger partial charge in [-0.1, -0.05) is 23.8 Å². The number of rotatable bonds is 4. The molecule has 21 heavy (non-hydrogen) atoms. The minimum absolute atomic E-state index is 0.0550. The Morgan fingerprint density at radius 1 is 1.19 bits per heavy atom. The van der Waals surface area contributed by atoms with Crippen molar-refractivity contribution in [3.63, 3.8) is 0 Å². The molecule has 2 N–H and O–H groups in total. The van der Waals surface area contributed by atoms with Crippen LogP contribution in [0.4, 0.5) is 8.78 Å². The largest absolute Gasteiger partial charge is 0.386 e. The van der Waals surface area contributed by atoms with Crippen molar-refractivity contribution >= 4 is 5.91 Å². The van der Waals surface area contributed by atoms with Crippen molar-refractivity contribution in [3.05, 3.63) is 70.8 Å². The van der Waals surface area contributed by atoms with Gasteiger partial charge in [0.15, 0.2) is 0 Å². The average Bonchev–Trinajstić information content (AvgIpc) is 2.45. The average molecular weight is 291 g/mol. The second kappa shape index (κ2) is 6.45. The van der Waals surface area contributed by atoms with Crippen LogP contribution >= 0.6 is 0 Å². The summed E-state index contributed by atoms with van der Waals surface area (Å²) in [6.45, 7) is 1.75. The first-order valence-corrected chi connectivity index (χ1v) is 6.45. The normalized spacial score (nSPS) is 12.0. The van der Waals surface area contributed by atoms with Crippen molar-refractivity contribution in [3.8, 4) is 0 Å². The number of benzene rings is 2. The molecule has 0 spiro atoms. The standard InChI is InChI=1S/C16H15F2NO2/c1-10-2-4-11(5-3-10)16(21)19-9-15(20)13-7-6-12(17)8-14(13)18/h2-8,15,20H,9H2,1H3,(H,19,21). The van der Waals surface area contributed by atoms with Gasteiger partial charge in [-0.3, -0.25) is 4.79 Å². The molecule has 0 radical (unpaired) electrons. The molecule has 5 heteroatoms. The highest BCUT2D eigenvalue weighted by Crippen LogP contribution is 2.17. The SMILES string of the molecule is Cc1ccc(C(=O)NCC(O)c2ccc(F)cc2F)cc1. The van der Waals surface area contributed by atoms with E-state index in [-0.39, 0.29) is 18.0 Å². The molecular formula is C16H15F2NO2. The van der Waals surface area contributed by atoms with Crippen LogP contribution in [0.3, 0.4) is 0 Å². The van der Waals surface area contributed by atoms with E-state index in [0.717, 1.165) is 17.7 Å². The summed E-state index contributed by atoms with van der Waals surface area (Å²) in [6, 6.07) is 9.83. The van der Waals surface area contributed by atoms with Gasteiger partial charge in [-0.25, -0.2) is 8.78 Å². The fourth-order valence-corrected chi connectivity index (χ4v) is 1.88. The molecule has 0 bridgehead atoms. The molecular weight excluding hydrogens is 276 g/mol. The second-order valence-electron chi connectivity index (χ2n) is 4.76. The lowest BCUT2D eigenvalue weighted by Crippen LogP contribution is -2.28. The topological polar surface area (TPSA) is 49.3 Å². The predicted molar refractivity (Wildman–Crippen MR) is 74.8 cm³/mol. The molecule has 2 aromatic rings. The van der Waals surface area contributed by atoms with Gasteiger partial charge < -0.3 is 10.4 Å². The third-order valence-electron chi connectivity index (χ3n) is 3.09. The van der Waals surface area contributed by atoms with Crippen LogP contribution < -0.4 is 5.32 Å². The van der Waals surface area contributed by atoms with Crippen molar-refractivity contribution in [1.29, 1.82) is 0 Å². The number of halogens is 2. The molecule has 0 saturated carbocycles. The highest BCUT2D eigenvalue weighted by molar-refractivity contribution is 5.94. The van der Waals surface area contributed by atoms with Crippen LogP contribution in [0.2, 0.25) is 0 Å². The Morgan fingerprint density at radius 3 is 2.48 bits per heavy atom. The minimum Gasteiger partial charge on any atom is -0.386 e. The van der Waals surface area contributed by atoms with Gasteiger partial charge in [-0.2, -0.15) is 0 Å². The molecule has 0 heterocycles. The predicted octanol–water partition coefficient (Wildman–Crippen LogP) is 2.74. The quantitative estimate of drug-likeness (QED) is 0.910. The van der Waals surface area contributed by atoms with Gasteiger partial charge in [0.1, 0.15) is 11.6 Å². The Hall–Kier alpha value is -2.27. The monoisotopic (exact) mass is 291 g/mol. The van der Waals surface area contributed by atoms with Crippen LogP contribution in [0.15, 0.2) is 42.5 Å². The highest BCUT2D eigenvalue weighted by atomic mass is 19.1. The summed E-state index contributed by atoms with van der Waals surface area (Å²) in [5.41, 5.74) is 1.42. The fourth-order valence-electron chi connectivity index (χ4n) is 1.88. The van der Waals surface area contributed by atoms with Crippen LogP contribution in [0.5, 0.6) is 0 Å². The van der Waals surface area contributed by atoms with E-state index < -0.39 is 17.7 Å². The van der Waals surface area contributed by atoms with E-state index in [4.69, 9.17) is 0 Å². The molecule has 110 valence electrons. The van der Waals surface area contributed by atoms with Gasteiger partial charge >= 0.3 is 0 Å². The molecule has 2 rings (SSSR count). The molecule has 1 amide bonds. The maximum Gasteiger partial charge on any atom is 0.251 e. The van der Waals surface area contributed by atoms with Crippen molar-refractivity contribution in [2.75, 3.05) is 6.54 Å². The van der Waals surface area contributed by atoms with Gasteiger partial charge in [0, 0.05) is 23.7 Å². The summed E-state index contributed by atoms with van der Waals surface area (Å²) in [6.07, 6.45) is -1.24. The lowest BCUT2D eigenvalue weighted by atomic mass is 10.1. The lowest BCUT2D eigenvalue weighted by molar-refractivity contribution is 0.0914. The third-order valence-corrected chi connectivity index (χ3v) is 3.09. The fraction of sp³-hybridized carbons (Fsp3) is 0.188. The first kappa shape index (κ1) is 15.1. The molecule has 2 aromatic carbocycles. The molecule has 1 atom stereocenters. The van der Waals surface area contributed by atoms with E-state index in [1.807, 2.05) is 6.92 Å². The molecule has 0 fully saturated rings. The molecule has 1 unspecified atom stereocenters. The molecule has 0 saturated heterocycles. The van der Waals surface area contributed by atoms with Gasteiger partial charge in [0.25, 0.3) is 5.91 Å². The number of carbonyl (C=O) groups is 1. The summed E-state index contributed by atoms with van der Waals surface area (Å²) in [5.74, 6) is -1.92. The van der Waals surface area contributed by atoms with E-state index in [1.54, 1.807) is 24.3 Å². The number of aryl methyl sites for hydroxylation is 1. The minimum atomic E-state index is -1.24.